The second kappa shape index (κ2) is 7.60. The lowest BCUT2D eigenvalue weighted by Gasteiger charge is -2.20. The van der Waals surface area contributed by atoms with E-state index in [9.17, 15) is 0 Å². The van der Waals surface area contributed by atoms with Crippen molar-refractivity contribution < 1.29 is 0 Å². The Morgan fingerprint density at radius 2 is 1.90 bits per heavy atom. The Bertz CT molecular complexity index is 519. The Kier molecular flexibility index (Phi) is 5.80. The zero-order chi connectivity index (χ0) is 14.4. The molecule has 0 aliphatic carbocycles. The van der Waals surface area contributed by atoms with Gasteiger partial charge in [-0.15, -0.1) is 0 Å². The van der Waals surface area contributed by atoms with Gasteiger partial charge < -0.3 is 5.32 Å². The molecule has 1 N–H and O–H groups in total. The fraction of sp³-hybridized carbons (Fsp3) is 0.438. The van der Waals surface area contributed by atoms with Crippen LogP contribution in [0.2, 0.25) is 0 Å². The first-order valence-corrected chi connectivity index (χ1v) is 8.06. The molecule has 0 fully saturated rings. The van der Waals surface area contributed by atoms with Crippen molar-refractivity contribution in [2.45, 2.75) is 39.3 Å². The van der Waals surface area contributed by atoms with Crippen LogP contribution in [0.25, 0.3) is 0 Å². The highest BCUT2D eigenvalue weighted by atomic mass is 79.9. The zero-order valence-corrected chi connectivity index (χ0v) is 13.7. The van der Waals surface area contributed by atoms with Gasteiger partial charge in [-0.05, 0) is 43.1 Å². The predicted molar refractivity (Wildman–Crippen MR) is 86.8 cm³/mol. The van der Waals surface area contributed by atoms with Crippen LogP contribution in [0.3, 0.4) is 0 Å². The molecule has 0 amide bonds. The summed E-state index contributed by atoms with van der Waals surface area (Å²) in [5.74, 6) is 0. The molecule has 1 heterocycles. The Morgan fingerprint density at radius 1 is 1.15 bits per heavy atom. The van der Waals surface area contributed by atoms with Crippen LogP contribution in [0.1, 0.15) is 44.0 Å². The van der Waals surface area contributed by atoms with Gasteiger partial charge in [0, 0.05) is 17.2 Å². The standard InChI is InChI=1S/C16H22BrN3/c1-3-10-18-16(13-5-7-14(17)8-6-13)15-9-11-19-20(15)12-4-2/h5-9,11,16,18H,3-4,10,12H2,1-2H3. The number of nitrogens with zero attached hydrogens (tertiary/aromatic N) is 2. The summed E-state index contributed by atoms with van der Waals surface area (Å²) in [5.41, 5.74) is 2.52. The highest BCUT2D eigenvalue weighted by Gasteiger charge is 2.17. The number of halogens is 1. The predicted octanol–water partition coefficient (Wildman–Crippen LogP) is 4.14. The topological polar surface area (TPSA) is 29.9 Å². The molecule has 1 aromatic heterocycles. The fourth-order valence-corrected chi connectivity index (χ4v) is 2.59. The van der Waals surface area contributed by atoms with Gasteiger partial charge in [-0.1, -0.05) is 41.9 Å². The van der Waals surface area contributed by atoms with Crippen molar-refractivity contribution >= 4 is 15.9 Å². The Labute approximate surface area is 129 Å². The number of nitrogens with one attached hydrogen (secondary N) is 1. The normalized spacial score (nSPS) is 12.6. The van der Waals surface area contributed by atoms with Gasteiger partial charge in [-0.25, -0.2) is 0 Å². The smallest absolute Gasteiger partial charge is 0.0748 e. The summed E-state index contributed by atoms with van der Waals surface area (Å²) in [6.07, 6.45) is 4.11. The van der Waals surface area contributed by atoms with Crippen molar-refractivity contribution in [3.8, 4) is 0 Å². The van der Waals surface area contributed by atoms with Gasteiger partial charge in [0.2, 0.25) is 0 Å². The first-order valence-electron chi connectivity index (χ1n) is 7.26. The lowest BCUT2D eigenvalue weighted by atomic mass is 10.0. The van der Waals surface area contributed by atoms with Crippen LogP contribution < -0.4 is 5.32 Å². The fourth-order valence-electron chi connectivity index (χ4n) is 2.32. The van der Waals surface area contributed by atoms with E-state index in [2.05, 4.69) is 75.2 Å². The van der Waals surface area contributed by atoms with Gasteiger partial charge >= 0.3 is 0 Å². The zero-order valence-electron chi connectivity index (χ0n) is 12.1. The molecule has 0 saturated heterocycles. The van der Waals surface area contributed by atoms with E-state index in [0.29, 0.717) is 0 Å². The molecule has 0 spiro atoms. The van der Waals surface area contributed by atoms with E-state index >= 15 is 0 Å². The minimum absolute atomic E-state index is 0.206. The van der Waals surface area contributed by atoms with Crippen LogP contribution >= 0.6 is 15.9 Å². The molecule has 0 radical (unpaired) electrons. The molecule has 0 aliphatic heterocycles. The molecule has 1 aromatic carbocycles. The van der Waals surface area contributed by atoms with Gasteiger partial charge in [-0.3, -0.25) is 4.68 Å². The van der Waals surface area contributed by atoms with E-state index < -0.39 is 0 Å². The SMILES string of the molecule is CCCNC(c1ccc(Br)cc1)c1ccnn1CCC. The summed E-state index contributed by atoms with van der Waals surface area (Å²) in [6.45, 7) is 6.33. The maximum atomic E-state index is 4.45. The van der Waals surface area contributed by atoms with Crippen molar-refractivity contribution in [2.24, 2.45) is 0 Å². The van der Waals surface area contributed by atoms with E-state index in [0.717, 1.165) is 30.4 Å². The van der Waals surface area contributed by atoms with E-state index in [4.69, 9.17) is 0 Å². The van der Waals surface area contributed by atoms with Crippen molar-refractivity contribution in [1.82, 2.24) is 15.1 Å². The average Bonchev–Trinajstić information content (AvgIpc) is 2.90. The highest BCUT2D eigenvalue weighted by Crippen LogP contribution is 2.23. The maximum absolute atomic E-state index is 4.45. The van der Waals surface area contributed by atoms with Gasteiger partial charge in [0.05, 0.1) is 11.7 Å². The summed E-state index contributed by atoms with van der Waals surface area (Å²) in [4.78, 5) is 0. The molecule has 0 saturated carbocycles. The van der Waals surface area contributed by atoms with Gasteiger partial charge in [-0.2, -0.15) is 5.10 Å². The largest absolute Gasteiger partial charge is 0.305 e. The maximum Gasteiger partial charge on any atom is 0.0748 e. The van der Waals surface area contributed by atoms with E-state index in [-0.39, 0.29) is 6.04 Å². The van der Waals surface area contributed by atoms with Crippen molar-refractivity contribution in [3.05, 3.63) is 52.3 Å². The number of rotatable bonds is 7. The Hall–Kier alpha value is -1.13. The van der Waals surface area contributed by atoms with E-state index in [1.54, 1.807) is 0 Å². The lowest BCUT2D eigenvalue weighted by molar-refractivity contribution is 0.511. The molecule has 1 unspecified atom stereocenters. The molecule has 0 aliphatic rings. The molecule has 20 heavy (non-hydrogen) atoms. The Morgan fingerprint density at radius 3 is 2.55 bits per heavy atom. The van der Waals surface area contributed by atoms with Crippen LogP contribution in [-0.2, 0) is 6.54 Å². The number of aromatic nitrogens is 2. The molecule has 2 aromatic rings. The minimum Gasteiger partial charge on any atom is -0.305 e. The molecule has 1 atom stereocenters. The highest BCUT2D eigenvalue weighted by molar-refractivity contribution is 9.10. The summed E-state index contributed by atoms with van der Waals surface area (Å²) in [6, 6.07) is 10.8. The van der Waals surface area contributed by atoms with Crippen LogP contribution in [0.15, 0.2) is 41.0 Å². The van der Waals surface area contributed by atoms with E-state index in [1.807, 2.05) is 6.20 Å². The van der Waals surface area contributed by atoms with Crippen LogP contribution in [0.5, 0.6) is 0 Å². The van der Waals surface area contributed by atoms with Crippen LogP contribution in [0, 0.1) is 0 Å². The summed E-state index contributed by atoms with van der Waals surface area (Å²) in [5, 5.41) is 8.08. The van der Waals surface area contributed by atoms with E-state index in [1.165, 1.54) is 11.3 Å². The summed E-state index contributed by atoms with van der Waals surface area (Å²) < 4.78 is 3.22. The molecule has 3 nitrogen and oxygen atoms in total. The molecule has 4 heteroatoms. The first-order chi connectivity index (χ1) is 9.76. The second-order valence-electron chi connectivity index (χ2n) is 4.92. The number of aryl methyl sites for hydroxylation is 1. The molecular weight excluding hydrogens is 314 g/mol. The average molecular weight is 336 g/mol. The quantitative estimate of drug-likeness (QED) is 0.823. The Balaban J connectivity index is 2.31. The van der Waals surface area contributed by atoms with Crippen LogP contribution in [-0.4, -0.2) is 16.3 Å². The first kappa shape index (κ1) is 15.3. The van der Waals surface area contributed by atoms with Gasteiger partial charge in [0.25, 0.3) is 0 Å². The monoisotopic (exact) mass is 335 g/mol. The number of hydrogen-bond acceptors (Lipinski definition) is 2. The lowest BCUT2D eigenvalue weighted by Crippen LogP contribution is -2.25. The minimum atomic E-state index is 0.206. The second-order valence-corrected chi connectivity index (χ2v) is 5.83. The number of hydrogen-bond donors (Lipinski definition) is 1. The van der Waals surface area contributed by atoms with Crippen LogP contribution in [0.4, 0.5) is 0 Å². The van der Waals surface area contributed by atoms with Crippen molar-refractivity contribution in [3.63, 3.8) is 0 Å². The molecule has 108 valence electrons. The summed E-state index contributed by atoms with van der Waals surface area (Å²) >= 11 is 3.50. The molecule has 0 bridgehead atoms. The summed E-state index contributed by atoms with van der Waals surface area (Å²) in [7, 11) is 0. The molecular formula is C16H22BrN3. The third kappa shape index (κ3) is 3.70. The third-order valence-corrected chi connectivity index (χ3v) is 3.81. The number of benzene rings is 1. The van der Waals surface area contributed by atoms with Crippen molar-refractivity contribution in [2.75, 3.05) is 6.54 Å². The third-order valence-electron chi connectivity index (χ3n) is 3.28. The van der Waals surface area contributed by atoms with Crippen molar-refractivity contribution in [1.29, 1.82) is 0 Å². The van der Waals surface area contributed by atoms with Gasteiger partial charge in [0.1, 0.15) is 0 Å². The van der Waals surface area contributed by atoms with Gasteiger partial charge in [0.15, 0.2) is 0 Å². The molecule has 2 rings (SSSR count).